The molecule has 3 N–H and O–H groups in total. The zero-order valence-corrected chi connectivity index (χ0v) is 13.3. The van der Waals surface area contributed by atoms with E-state index in [0.29, 0.717) is 12.1 Å². The second-order valence-corrected chi connectivity index (χ2v) is 6.70. The summed E-state index contributed by atoms with van der Waals surface area (Å²) < 4.78 is 22.2. The SMILES string of the molecule is CCCCCCCCC(=O)Nc1ccc(S(N)(=O)=O)cc1. The Morgan fingerprint density at radius 2 is 1.62 bits per heavy atom. The van der Waals surface area contributed by atoms with E-state index in [1.807, 2.05) is 0 Å². The lowest BCUT2D eigenvalue weighted by atomic mass is 10.1. The maximum absolute atomic E-state index is 11.7. The van der Waals surface area contributed by atoms with Gasteiger partial charge in [-0.2, -0.15) is 0 Å². The summed E-state index contributed by atoms with van der Waals surface area (Å²) in [5.41, 5.74) is 0.582. The molecule has 0 aliphatic rings. The Kier molecular flexibility index (Phi) is 7.39. The van der Waals surface area contributed by atoms with Gasteiger partial charge in [0, 0.05) is 12.1 Å². The van der Waals surface area contributed by atoms with Crippen molar-refractivity contribution < 1.29 is 13.2 Å². The molecule has 118 valence electrons. The van der Waals surface area contributed by atoms with Gasteiger partial charge < -0.3 is 5.32 Å². The molecule has 0 atom stereocenters. The standard InChI is InChI=1S/C15H24N2O3S/c1-2-3-4-5-6-7-8-15(18)17-13-9-11-14(12-10-13)21(16,19)20/h9-12H,2-8H2,1H3,(H,17,18)(H2,16,19,20). The molecule has 1 aromatic rings. The smallest absolute Gasteiger partial charge is 0.238 e. The van der Waals surface area contributed by atoms with Crippen molar-refractivity contribution in [2.45, 2.75) is 56.8 Å². The summed E-state index contributed by atoms with van der Waals surface area (Å²) in [5, 5.41) is 7.76. The summed E-state index contributed by atoms with van der Waals surface area (Å²) in [5.74, 6) is -0.0474. The molecule has 1 amide bonds. The van der Waals surface area contributed by atoms with Gasteiger partial charge in [-0.05, 0) is 30.7 Å². The quantitative estimate of drug-likeness (QED) is 0.687. The van der Waals surface area contributed by atoms with Crippen molar-refractivity contribution in [3.63, 3.8) is 0 Å². The van der Waals surface area contributed by atoms with E-state index in [2.05, 4.69) is 12.2 Å². The van der Waals surface area contributed by atoms with Crippen molar-refractivity contribution in [1.82, 2.24) is 0 Å². The van der Waals surface area contributed by atoms with E-state index in [0.717, 1.165) is 12.8 Å². The third kappa shape index (κ3) is 7.24. The van der Waals surface area contributed by atoms with Crippen LogP contribution in [0.5, 0.6) is 0 Å². The Bertz CT molecular complexity index is 539. The predicted molar refractivity (Wildman–Crippen MR) is 84.4 cm³/mol. The number of unbranched alkanes of at least 4 members (excludes halogenated alkanes) is 5. The van der Waals surface area contributed by atoms with Crippen LogP contribution in [0.2, 0.25) is 0 Å². The van der Waals surface area contributed by atoms with Gasteiger partial charge in [0.25, 0.3) is 0 Å². The number of hydrogen-bond acceptors (Lipinski definition) is 3. The number of nitrogens with two attached hydrogens (primary N) is 1. The Morgan fingerprint density at radius 1 is 1.05 bits per heavy atom. The van der Waals surface area contributed by atoms with Gasteiger partial charge in [0.05, 0.1) is 4.90 Å². The van der Waals surface area contributed by atoms with Crippen molar-refractivity contribution in [2.24, 2.45) is 5.14 Å². The molecule has 0 radical (unpaired) electrons. The summed E-state index contributed by atoms with van der Waals surface area (Å²) >= 11 is 0. The van der Waals surface area contributed by atoms with Gasteiger partial charge in [0.2, 0.25) is 15.9 Å². The van der Waals surface area contributed by atoms with Gasteiger partial charge >= 0.3 is 0 Å². The van der Waals surface area contributed by atoms with Gasteiger partial charge in [-0.15, -0.1) is 0 Å². The Hall–Kier alpha value is -1.40. The first-order valence-electron chi connectivity index (χ1n) is 7.36. The average molecular weight is 312 g/mol. The second-order valence-electron chi connectivity index (χ2n) is 5.14. The van der Waals surface area contributed by atoms with E-state index >= 15 is 0 Å². The third-order valence-corrected chi connectivity index (χ3v) is 4.15. The predicted octanol–water partition coefficient (Wildman–Crippen LogP) is 3.02. The van der Waals surface area contributed by atoms with Crippen LogP contribution in [-0.4, -0.2) is 14.3 Å². The third-order valence-electron chi connectivity index (χ3n) is 3.22. The van der Waals surface area contributed by atoms with Crippen molar-refractivity contribution in [3.05, 3.63) is 24.3 Å². The molecule has 0 heterocycles. The Labute approximate surface area is 127 Å². The first kappa shape index (κ1) is 17.7. The van der Waals surface area contributed by atoms with Crippen molar-refractivity contribution in [1.29, 1.82) is 0 Å². The molecule has 0 unspecified atom stereocenters. The van der Waals surface area contributed by atoms with E-state index in [9.17, 15) is 13.2 Å². The van der Waals surface area contributed by atoms with Gasteiger partial charge in [0.1, 0.15) is 0 Å². The van der Waals surface area contributed by atoms with Gasteiger partial charge in [-0.25, -0.2) is 13.6 Å². The highest BCUT2D eigenvalue weighted by atomic mass is 32.2. The topological polar surface area (TPSA) is 89.3 Å². The number of anilines is 1. The number of rotatable bonds is 9. The summed E-state index contributed by atoms with van der Waals surface area (Å²) in [6.07, 6.45) is 7.31. The van der Waals surface area contributed by atoms with E-state index in [1.54, 1.807) is 12.1 Å². The van der Waals surface area contributed by atoms with Crippen LogP contribution >= 0.6 is 0 Å². The van der Waals surface area contributed by atoms with E-state index in [1.165, 1.54) is 37.8 Å². The molecule has 1 aromatic carbocycles. The maximum Gasteiger partial charge on any atom is 0.238 e. The van der Waals surface area contributed by atoms with Crippen LogP contribution in [0.25, 0.3) is 0 Å². The first-order valence-corrected chi connectivity index (χ1v) is 8.91. The molecule has 0 spiro atoms. The Morgan fingerprint density at radius 3 is 2.19 bits per heavy atom. The largest absolute Gasteiger partial charge is 0.326 e. The number of primary sulfonamides is 1. The molecule has 0 bridgehead atoms. The molecule has 21 heavy (non-hydrogen) atoms. The lowest BCUT2D eigenvalue weighted by Gasteiger charge is -2.06. The first-order chi connectivity index (χ1) is 9.93. The average Bonchev–Trinajstić information content (AvgIpc) is 2.42. The lowest BCUT2D eigenvalue weighted by Crippen LogP contribution is -2.13. The van der Waals surface area contributed by atoms with E-state index in [-0.39, 0.29) is 10.8 Å². The fraction of sp³-hybridized carbons (Fsp3) is 0.533. The Balaban J connectivity index is 2.31. The van der Waals surface area contributed by atoms with Crippen LogP contribution in [0.1, 0.15) is 51.9 Å². The van der Waals surface area contributed by atoms with Crippen molar-refractivity contribution in [3.8, 4) is 0 Å². The van der Waals surface area contributed by atoms with Crippen LogP contribution in [0.3, 0.4) is 0 Å². The van der Waals surface area contributed by atoms with Crippen LogP contribution in [0.4, 0.5) is 5.69 Å². The molecule has 0 saturated heterocycles. The number of sulfonamides is 1. The summed E-state index contributed by atoms with van der Waals surface area (Å²) in [4.78, 5) is 11.8. The molecule has 0 aromatic heterocycles. The molecule has 0 saturated carbocycles. The zero-order valence-electron chi connectivity index (χ0n) is 12.5. The highest BCUT2D eigenvalue weighted by molar-refractivity contribution is 7.89. The van der Waals surface area contributed by atoms with Gasteiger partial charge in [0.15, 0.2) is 0 Å². The fourth-order valence-corrected chi connectivity index (χ4v) is 2.53. The summed E-state index contributed by atoms with van der Waals surface area (Å²) in [7, 11) is -3.69. The monoisotopic (exact) mass is 312 g/mol. The minimum atomic E-state index is -3.69. The second kappa shape index (κ2) is 8.79. The number of amides is 1. The minimum absolute atomic E-state index is 0.0384. The summed E-state index contributed by atoms with van der Waals surface area (Å²) in [6, 6.07) is 5.85. The molecule has 1 rings (SSSR count). The normalized spacial score (nSPS) is 11.3. The van der Waals surface area contributed by atoms with Crippen molar-refractivity contribution in [2.75, 3.05) is 5.32 Å². The molecule has 0 aliphatic carbocycles. The van der Waals surface area contributed by atoms with Crippen molar-refractivity contribution >= 4 is 21.6 Å². The fourth-order valence-electron chi connectivity index (χ4n) is 2.02. The molecular weight excluding hydrogens is 288 g/mol. The van der Waals surface area contributed by atoms with E-state index in [4.69, 9.17) is 5.14 Å². The lowest BCUT2D eigenvalue weighted by molar-refractivity contribution is -0.116. The molecular formula is C15H24N2O3S. The van der Waals surface area contributed by atoms with Crippen LogP contribution in [0.15, 0.2) is 29.2 Å². The number of carbonyl (C=O) groups excluding carboxylic acids is 1. The van der Waals surface area contributed by atoms with Crippen LogP contribution < -0.4 is 10.5 Å². The van der Waals surface area contributed by atoms with Crippen LogP contribution in [0, 0.1) is 0 Å². The van der Waals surface area contributed by atoms with E-state index < -0.39 is 10.0 Å². The molecule has 6 heteroatoms. The van der Waals surface area contributed by atoms with Crippen LogP contribution in [-0.2, 0) is 14.8 Å². The summed E-state index contributed by atoms with van der Waals surface area (Å²) in [6.45, 7) is 2.18. The molecule has 0 fully saturated rings. The number of nitrogens with one attached hydrogen (secondary N) is 1. The highest BCUT2D eigenvalue weighted by Gasteiger charge is 2.07. The maximum atomic E-state index is 11.7. The highest BCUT2D eigenvalue weighted by Crippen LogP contribution is 2.13. The minimum Gasteiger partial charge on any atom is -0.326 e. The number of benzene rings is 1. The molecule has 0 aliphatic heterocycles. The van der Waals surface area contributed by atoms with Gasteiger partial charge in [-0.3, -0.25) is 4.79 Å². The number of hydrogen-bond donors (Lipinski definition) is 2. The zero-order chi connectivity index (χ0) is 15.7. The molecule has 5 nitrogen and oxygen atoms in total. The van der Waals surface area contributed by atoms with Gasteiger partial charge in [-0.1, -0.05) is 39.0 Å². The number of carbonyl (C=O) groups is 1.